The van der Waals surface area contributed by atoms with Gasteiger partial charge in [-0.15, -0.1) is 0 Å². The Balaban J connectivity index is 1.75. The van der Waals surface area contributed by atoms with Crippen molar-refractivity contribution in [3.63, 3.8) is 0 Å². The van der Waals surface area contributed by atoms with Crippen LogP contribution in [0.5, 0.6) is 0 Å². The lowest BCUT2D eigenvalue weighted by Gasteiger charge is -2.18. The van der Waals surface area contributed by atoms with Crippen molar-refractivity contribution in [1.29, 1.82) is 0 Å². The minimum Gasteiger partial charge on any atom is -0.361 e. The maximum absolute atomic E-state index is 11.7. The van der Waals surface area contributed by atoms with E-state index in [9.17, 15) is 8.42 Å². The largest absolute Gasteiger partial charge is 0.361 e. The average molecular weight is 334 g/mol. The molecule has 0 fully saturated rings. The van der Waals surface area contributed by atoms with Crippen LogP contribution in [-0.4, -0.2) is 25.6 Å². The standard InChI is InChI=1S/C17H22N2O3S/c1-23(20,21)12-16(13-7-3-2-4-8-13)18-11-15-14-9-5-6-10-17(14)22-19-15/h2-4,7-8,16,18H,5-6,9-12H2,1H3. The van der Waals surface area contributed by atoms with Gasteiger partial charge in [0, 0.05) is 30.8 Å². The van der Waals surface area contributed by atoms with Crippen LogP contribution in [0, 0.1) is 0 Å². The Labute approximate surface area is 137 Å². The van der Waals surface area contributed by atoms with E-state index in [1.54, 1.807) is 0 Å². The number of rotatable bonds is 6. The van der Waals surface area contributed by atoms with Gasteiger partial charge in [0.15, 0.2) is 0 Å². The van der Waals surface area contributed by atoms with Gasteiger partial charge in [-0.05, 0) is 24.8 Å². The Kier molecular flexibility index (Phi) is 4.82. The summed E-state index contributed by atoms with van der Waals surface area (Å²) in [5.74, 6) is 1.06. The number of aryl methyl sites for hydroxylation is 1. The van der Waals surface area contributed by atoms with Crippen molar-refractivity contribution >= 4 is 9.84 Å². The van der Waals surface area contributed by atoms with Crippen LogP contribution in [0.1, 0.15) is 41.5 Å². The first-order valence-electron chi connectivity index (χ1n) is 7.95. The van der Waals surface area contributed by atoms with Crippen molar-refractivity contribution in [2.75, 3.05) is 12.0 Å². The van der Waals surface area contributed by atoms with Crippen molar-refractivity contribution < 1.29 is 12.9 Å². The zero-order valence-corrected chi connectivity index (χ0v) is 14.1. The highest BCUT2D eigenvalue weighted by Gasteiger charge is 2.22. The molecule has 1 atom stereocenters. The maximum atomic E-state index is 11.7. The first-order chi connectivity index (χ1) is 11.0. The van der Waals surface area contributed by atoms with Crippen LogP contribution in [0.15, 0.2) is 34.9 Å². The first kappa shape index (κ1) is 16.2. The Morgan fingerprint density at radius 2 is 1.96 bits per heavy atom. The van der Waals surface area contributed by atoms with E-state index in [2.05, 4.69) is 10.5 Å². The van der Waals surface area contributed by atoms with Gasteiger partial charge in [0.1, 0.15) is 21.3 Å². The van der Waals surface area contributed by atoms with E-state index < -0.39 is 9.84 Å². The summed E-state index contributed by atoms with van der Waals surface area (Å²) in [6.45, 7) is 0.522. The number of hydrogen-bond donors (Lipinski definition) is 1. The third-order valence-electron chi connectivity index (χ3n) is 4.22. The third kappa shape index (κ3) is 4.20. The summed E-state index contributed by atoms with van der Waals surface area (Å²) in [4.78, 5) is 0. The van der Waals surface area contributed by atoms with Crippen molar-refractivity contribution in [3.05, 3.63) is 52.9 Å². The summed E-state index contributed by atoms with van der Waals surface area (Å²) in [5, 5.41) is 7.52. The maximum Gasteiger partial charge on any atom is 0.149 e. The minimum absolute atomic E-state index is 0.0665. The summed E-state index contributed by atoms with van der Waals surface area (Å²) >= 11 is 0. The smallest absolute Gasteiger partial charge is 0.149 e. The number of nitrogens with zero attached hydrogens (tertiary/aromatic N) is 1. The Morgan fingerprint density at radius 3 is 2.70 bits per heavy atom. The second-order valence-electron chi connectivity index (χ2n) is 6.17. The van der Waals surface area contributed by atoms with Crippen LogP contribution in [-0.2, 0) is 29.2 Å². The Bertz CT molecular complexity index is 753. The van der Waals surface area contributed by atoms with Crippen LogP contribution >= 0.6 is 0 Å². The lowest BCUT2D eigenvalue weighted by atomic mass is 9.96. The fraction of sp³-hybridized carbons (Fsp3) is 0.471. The van der Waals surface area contributed by atoms with Gasteiger partial charge in [-0.3, -0.25) is 0 Å². The van der Waals surface area contributed by atoms with Crippen LogP contribution in [0.3, 0.4) is 0 Å². The lowest BCUT2D eigenvalue weighted by Crippen LogP contribution is -2.28. The summed E-state index contributed by atoms with van der Waals surface area (Å²) < 4.78 is 28.9. The molecule has 0 spiro atoms. The molecule has 1 aromatic heterocycles. The molecule has 1 heterocycles. The van der Waals surface area contributed by atoms with Crippen LogP contribution in [0.25, 0.3) is 0 Å². The van der Waals surface area contributed by atoms with Gasteiger partial charge in [-0.1, -0.05) is 35.5 Å². The van der Waals surface area contributed by atoms with E-state index in [4.69, 9.17) is 4.52 Å². The van der Waals surface area contributed by atoms with Gasteiger partial charge in [-0.25, -0.2) is 8.42 Å². The summed E-state index contributed by atoms with van der Waals surface area (Å²) in [5.41, 5.74) is 3.08. The Morgan fingerprint density at radius 1 is 1.22 bits per heavy atom. The first-order valence-corrected chi connectivity index (χ1v) is 10.0. The second-order valence-corrected chi connectivity index (χ2v) is 8.36. The quantitative estimate of drug-likeness (QED) is 0.878. The highest BCUT2D eigenvalue weighted by Crippen LogP contribution is 2.25. The molecule has 3 rings (SSSR count). The molecular formula is C17H22N2O3S. The summed E-state index contributed by atoms with van der Waals surface area (Å²) in [6, 6.07) is 9.41. The molecule has 0 amide bonds. The number of nitrogens with one attached hydrogen (secondary N) is 1. The van der Waals surface area contributed by atoms with E-state index in [-0.39, 0.29) is 11.8 Å². The average Bonchev–Trinajstić information content (AvgIpc) is 2.94. The number of aromatic nitrogens is 1. The van der Waals surface area contributed by atoms with Crippen molar-refractivity contribution in [2.24, 2.45) is 0 Å². The van der Waals surface area contributed by atoms with E-state index in [0.717, 1.165) is 42.7 Å². The zero-order valence-electron chi connectivity index (χ0n) is 13.3. The highest BCUT2D eigenvalue weighted by molar-refractivity contribution is 7.90. The third-order valence-corrected chi connectivity index (χ3v) is 5.16. The monoisotopic (exact) mass is 334 g/mol. The molecular weight excluding hydrogens is 312 g/mol. The molecule has 0 saturated heterocycles. The number of hydrogen-bond acceptors (Lipinski definition) is 5. The predicted molar refractivity (Wildman–Crippen MR) is 88.9 cm³/mol. The van der Waals surface area contributed by atoms with E-state index in [1.165, 1.54) is 11.8 Å². The Hall–Kier alpha value is -1.66. The van der Waals surface area contributed by atoms with Gasteiger partial charge in [-0.2, -0.15) is 0 Å². The predicted octanol–water partition coefficient (Wildman–Crippen LogP) is 2.43. The van der Waals surface area contributed by atoms with Crippen LogP contribution in [0.4, 0.5) is 0 Å². The molecule has 0 saturated carbocycles. The van der Waals surface area contributed by atoms with Gasteiger partial charge >= 0.3 is 0 Å². The molecule has 6 heteroatoms. The van der Waals surface area contributed by atoms with Crippen molar-refractivity contribution in [1.82, 2.24) is 10.5 Å². The zero-order chi connectivity index (χ0) is 16.3. The molecule has 5 nitrogen and oxygen atoms in total. The molecule has 0 aliphatic heterocycles. The molecule has 1 aromatic carbocycles. The van der Waals surface area contributed by atoms with Crippen molar-refractivity contribution in [2.45, 2.75) is 38.3 Å². The fourth-order valence-corrected chi connectivity index (χ4v) is 3.98. The van der Waals surface area contributed by atoms with Gasteiger partial charge < -0.3 is 9.84 Å². The molecule has 0 radical (unpaired) electrons. The fourth-order valence-electron chi connectivity index (χ4n) is 3.07. The van der Waals surface area contributed by atoms with E-state index in [0.29, 0.717) is 6.54 Å². The molecule has 0 bridgehead atoms. The summed E-state index contributed by atoms with van der Waals surface area (Å²) in [7, 11) is -3.09. The van der Waals surface area contributed by atoms with Crippen LogP contribution < -0.4 is 5.32 Å². The molecule has 1 aliphatic carbocycles. The van der Waals surface area contributed by atoms with Crippen LogP contribution in [0.2, 0.25) is 0 Å². The van der Waals surface area contributed by atoms with Gasteiger partial charge in [0.05, 0.1) is 5.75 Å². The molecule has 23 heavy (non-hydrogen) atoms. The number of benzene rings is 1. The number of sulfone groups is 1. The molecule has 124 valence electrons. The van der Waals surface area contributed by atoms with Gasteiger partial charge in [0.2, 0.25) is 0 Å². The van der Waals surface area contributed by atoms with E-state index >= 15 is 0 Å². The summed E-state index contributed by atoms with van der Waals surface area (Å²) in [6.07, 6.45) is 5.52. The SMILES string of the molecule is CS(=O)(=O)CC(NCc1noc2c1CCCC2)c1ccccc1. The second kappa shape index (κ2) is 6.84. The number of fused-ring (bicyclic) bond motifs is 1. The molecule has 1 aliphatic rings. The highest BCUT2D eigenvalue weighted by atomic mass is 32.2. The van der Waals surface area contributed by atoms with Gasteiger partial charge in [0.25, 0.3) is 0 Å². The minimum atomic E-state index is -3.09. The normalized spacial score (nSPS) is 16.0. The molecule has 1 N–H and O–H groups in total. The van der Waals surface area contributed by atoms with E-state index in [1.807, 2.05) is 30.3 Å². The molecule has 2 aromatic rings. The lowest BCUT2D eigenvalue weighted by molar-refractivity contribution is 0.365. The molecule has 1 unspecified atom stereocenters. The topological polar surface area (TPSA) is 72.2 Å². The van der Waals surface area contributed by atoms with Crippen molar-refractivity contribution in [3.8, 4) is 0 Å².